The molecule has 0 spiro atoms. The van der Waals surface area contributed by atoms with Crippen LogP contribution in [-0.2, 0) is 4.79 Å². The summed E-state index contributed by atoms with van der Waals surface area (Å²) in [5.41, 5.74) is 0.632. The van der Waals surface area contributed by atoms with Crippen molar-refractivity contribution in [3.05, 3.63) is 29.8 Å². The minimum absolute atomic E-state index is 0.0187. The first-order valence-electron chi connectivity index (χ1n) is 6.03. The fraction of sp³-hybridized carbons (Fsp3) is 0.429. The van der Waals surface area contributed by atoms with E-state index in [0.29, 0.717) is 11.8 Å². The molecule has 2 nitrogen and oxygen atoms in total. The van der Waals surface area contributed by atoms with Gasteiger partial charge in [-0.3, -0.25) is 4.79 Å². The molecule has 17 heavy (non-hydrogen) atoms. The molecule has 1 saturated carbocycles. The molecule has 0 N–H and O–H groups in total. The van der Waals surface area contributed by atoms with Gasteiger partial charge in [0.1, 0.15) is 6.29 Å². The molecule has 1 fully saturated rings. The van der Waals surface area contributed by atoms with Crippen molar-refractivity contribution in [2.45, 2.75) is 42.2 Å². The predicted octanol–water partition coefficient (Wildman–Crippen LogP) is 3.49. The highest BCUT2D eigenvalue weighted by atomic mass is 32.2. The van der Waals surface area contributed by atoms with Crippen molar-refractivity contribution in [3.63, 3.8) is 0 Å². The normalized spacial score (nSPS) is 16.0. The van der Waals surface area contributed by atoms with Crippen molar-refractivity contribution in [2.75, 3.05) is 0 Å². The molecule has 0 unspecified atom stereocenters. The summed E-state index contributed by atoms with van der Waals surface area (Å²) in [4.78, 5) is 22.9. The first-order valence-corrected chi connectivity index (χ1v) is 6.91. The Kier molecular flexibility index (Phi) is 4.37. The maximum atomic E-state index is 11.5. The van der Waals surface area contributed by atoms with Gasteiger partial charge in [-0.15, -0.1) is 11.8 Å². The van der Waals surface area contributed by atoms with E-state index in [1.54, 1.807) is 0 Å². The standard InChI is InChI=1S/C14H16O2S/c15-10-9-14(16)11-5-7-13(8-6-11)17-12-3-1-2-4-12/h5-8,10,12H,1-4,9H2. The van der Waals surface area contributed by atoms with E-state index < -0.39 is 0 Å². The van der Waals surface area contributed by atoms with Gasteiger partial charge in [-0.1, -0.05) is 25.0 Å². The Morgan fingerprint density at radius 3 is 2.47 bits per heavy atom. The number of carbonyl (C=O) groups is 2. The van der Waals surface area contributed by atoms with Crippen LogP contribution in [0.5, 0.6) is 0 Å². The lowest BCUT2D eigenvalue weighted by atomic mass is 10.1. The van der Waals surface area contributed by atoms with E-state index in [0.717, 1.165) is 5.25 Å². The van der Waals surface area contributed by atoms with Crippen molar-refractivity contribution in [2.24, 2.45) is 0 Å². The SMILES string of the molecule is O=CCC(=O)c1ccc(SC2CCCC2)cc1. The van der Waals surface area contributed by atoms with E-state index in [1.807, 2.05) is 36.0 Å². The number of benzene rings is 1. The van der Waals surface area contributed by atoms with Crippen molar-refractivity contribution >= 4 is 23.8 Å². The Morgan fingerprint density at radius 1 is 1.24 bits per heavy atom. The van der Waals surface area contributed by atoms with Crippen LogP contribution in [0.3, 0.4) is 0 Å². The Hall–Kier alpha value is -1.09. The second-order valence-electron chi connectivity index (χ2n) is 4.34. The van der Waals surface area contributed by atoms with E-state index in [4.69, 9.17) is 0 Å². The van der Waals surface area contributed by atoms with Crippen molar-refractivity contribution in [3.8, 4) is 0 Å². The summed E-state index contributed by atoms with van der Waals surface area (Å²) in [6.45, 7) is 0. The van der Waals surface area contributed by atoms with Crippen LogP contribution in [-0.4, -0.2) is 17.3 Å². The molecule has 0 radical (unpaired) electrons. The first kappa shape index (κ1) is 12.4. The minimum atomic E-state index is -0.0996. The smallest absolute Gasteiger partial charge is 0.169 e. The maximum absolute atomic E-state index is 11.5. The van der Waals surface area contributed by atoms with Gasteiger partial charge in [-0.25, -0.2) is 0 Å². The second kappa shape index (κ2) is 6.01. The highest BCUT2D eigenvalue weighted by Gasteiger charge is 2.16. The number of hydrogen-bond donors (Lipinski definition) is 0. The molecule has 0 heterocycles. The Labute approximate surface area is 106 Å². The monoisotopic (exact) mass is 248 g/mol. The minimum Gasteiger partial charge on any atom is -0.303 e. The first-order chi connectivity index (χ1) is 8.29. The molecule has 3 heteroatoms. The fourth-order valence-corrected chi connectivity index (χ4v) is 3.36. The molecule has 1 aromatic carbocycles. The van der Waals surface area contributed by atoms with Gasteiger partial charge in [0.15, 0.2) is 5.78 Å². The van der Waals surface area contributed by atoms with Gasteiger partial charge < -0.3 is 4.79 Å². The zero-order valence-electron chi connectivity index (χ0n) is 9.72. The van der Waals surface area contributed by atoms with Crippen LogP contribution in [0.25, 0.3) is 0 Å². The highest BCUT2D eigenvalue weighted by Crippen LogP contribution is 2.34. The van der Waals surface area contributed by atoms with Crippen LogP contribution in [0.4, 0.5) is 0 Å². The average molecular weight is 248 g/mol. The van der Waals surface area contributed by atoms with E-state index in [2.05, 4.69) is 0 Å². The van der Waals surface area contributed by atoms with Gasteiger partial charge in [0.05, 0.1) is 6.42 Å². The molecule has 90 valence electrons. The summed E-state index contributed by atoms with van der Waals surface area (Å²) < 4.78 is 0. The lowest BCUT2D eigenvalue weighted by Gasteiger charge is -2.08. The Bertz CT molecular complexity index is 391. The number of aldehydes is 1. The zero-order valence-corrected chi connectivity index (χ0v) is 10.5. The predicted molar refractivity (Wildman–Crippen MR) is 69.6 cm³/mol. The molecular formula is C14H16O2S. The lowest BCUT2D eigenvalue weighted by Crippen LogP contribution is -1.99. The molecule has 1 aromatic rings. The molecule has 1 aliphatic rings. The maximum Gasteiger partial charge on any atom is 0.169 e. The summed E-state index contributed by atoms with van der Waals surface area (Å²) in [6, 6.07) is 7.62. The molecule has 0 aliphatic heterocycles. The van der Waals surface area contributed by atoms with Crippen LogP contribution >= 0.6 is 11.8 Å². The fourth-order valence-electron chi connectivity index (χ4n) is 2.11. The van der Waals surface area contributed by atoms with Gasteiger partial charge in [-0.05, 0) is 25.0 Å². The molecule has 0 saturated heterocycles. The third-order valence-electron chi connectivity index (χ3n) is 3.05. The molecule has 0 aromatic heterocycles. The summed E-state index contributed by atoms with van der Waals surface area (Å²) >= 11 is 1.90. The van der Waals surface area contributed by atoms with Gasteiger partial charge in [0, 0.05) is 15.7 Å². The lowest BCUT2D eigenvalue weighted by molar-refractivity contribution is -0.107. The van der Waals surface area contributed by atoms with Crippen molar-refractivity contribution in [1.29, 1.82) is 0 Å². The van der Waals surface area contributed by atoms with Crippen LogP contribution in [0, 0.1) is 0 Å². The molecule has 0 atom stereocenters. The average Bonchev–Trinajstić information content (AvgIpc) is 2.83. The van der Waals surface area contributed by atoms with Crippen LogP contribution in [0.2, 0.25) is 0 Å². The van der Waals surface area contributed by atoms with Gasteiger partial charge in [-0.2, -0.15) is 0 Å². The molecule has 2 rings (SSSR count). The topological polar surface area (TPSA) is 34.1 Å². The summed E-state index contributed by atoms with van der Waals surface area (Å²) in [5, 5.41) is 0.742. The van der Waals surface area contributed by atoms with E-state index >= 15 is 0 Å². The third-order valence-corrected chi connectivity index (χ3v) is 4.40. The number of hydrogen-bond acceptors (Lipinski definition) is 3. The van der Waals surface area contributed by atoms with Gasteiger partial charge >= 0.3 is 0 Å². The van der Waals surface area contributed by atoms with E-state index in [9.17, 15) is 9.59 Å². The van der Waals surface area contributed by atoms with Gasteiger partial charge in [0.2, 0.25) is 0 Å². The largest absolute Gasteiger partial charge is 0.303 e. The highest BCUT2D eigenvalue weighted by molar-refractivity contribution is 8.00. The number of ketones is 1. The van der Waals surface area contributed by atoms with Crippen LogP contribution in [0.1, 0.15) is 42.5 Å². The Morgan fingerprint density at radius 2 is 1.88 bits per heavy atom. The second-order valence-corrected chi connectivity index (χ2v) is 5.72. The van der Waals surface area contributed by atoms with Crippen molar-refractivity contribution in [1.82, 2.24) is 0 Å². The molecule has 1 aliphatic carbocycles. The molecule has 0 amide bonds. The zero-order chi connectivity index (χ0) is 12.1. The third kappa shape index (κ3) is 3.43. The van der Waals surface area contributed by atoms with Gasteiger partial charge in [0.25, 0.3) is 0 Å². The molecule has 0 bridgehead atoms. The number of carbonyl (C=O) groups excluding carboxylic acids is 2. The van der Waals surface area contributed by atoms with E-state index in [1.165, 1.54) is 30.6 Å². The van der Waals surface area contributed by atoms with E-state index in [-0.39, 0.29) is 12.2 Å². The Balaban J connectivity index is 1.97. The molecular weight excluding hydrogens is 232 g/mol. The number of thioether (sulfide) groups is 1. The summed E-state index contributed by atoms with van der Waals surface area (Å²) in [6.07, 6.45) is 5.92. The van der Waals surface area contributed by atoms with Crippen LogP contribution in [0.15, 0.2) is 29.2 Å². The number of Topliss-reactive ketones (excluding diaryl/α,β-unsaturated/α-hetero) is 1. The quantitative estimate of drug-likeness (QED) is 0.454. The van der Waals surface area contributed by atoms with Crippen molar-refractivity contribution < 1.29 is 9.59 Å². The summed E-state index contributed by atoms with van der Waals surface area (Å²) in [7, 11) is 0. The summed E-state index contributed by atoms with van der Waals surface area (Å²) in [5.74, 6) is -0.0996. The number of rotatable bonds is 5. The van der Waals surface area contributed by atoms with Crippen LogP contribution < -0.4 is 0 Å².